The lowest BCUT2D eigenvalue weighted by Crippen LogP contribution is -2.52. The van der Waals surface area contributed by atoms with Crippen molar-refractivity contribution in [2.24, 2.45) is 0 Å². The van der Waals surface area contributed by atoms with Crippen molar-refractivity contribution < 1.29 is 9.59 Å². The molecule has 0 bridgehead atoms. The second-order valence-corrected chi connectivity index (χ2v) is 6.42. The third-order valence-corrected chi connectivity index (χ3v) is 4.67. The fourth-order valence-electron chi connectivity index (χ4n) is 3.40. The molecule has 0 saturated carbocycles. The van der Waals surface area contributed by atoms with Gasteiger partial charge in [0, 0.05) is 38.2 Å². The van der Waals surface area contributed by atoms with E-state index in [4.69, 9.17) is 0 Å². The van der Waals surface area contributed by atoms with E-state index < -0.39 is 0 Å². The van der Waals surface area contributed by atoms with Crippen LogP contribution in [-0.4, -0.2) is 44.9 Å². The minimum Gasteiger partial charge on any atom is -0.350 e. The SMILES string of the molecule is Cc1cn2c(n1)CC[C@@H](NC(=O)[C@H](C)N1CCCCC1=O)C2. The molecular formula is C16H24N4O2. The van der Waals surface area contributed by atoms with E-state index in [1.54, 1.807) is 4.90 Å². The summed E-state index contributed by atoms with van der Waals surface area (Å²) < 4.78 is 2.13. The number of amides is 2. The standard InChI is InChI=1S/C16H24N4O2/c1-11-9-19-10-13(6-7-14(19)17-11)18-16(22)12(2)20-8-4-3-5-15(20)21/h9,12-13H,3-8,10H2,1-2H3,(H,18,22)/t12-,13+/m0/s1. The number of nitrogens with zero attached hydrogens (tertiary/aromatic N) is 3. The first-order valence-corrected chi connectivity index (χ1v) is 8.17. The van der Waals surface area contributed by atoms with Gasteiger partial charge in [-0.2, -0.15) is 0 Å². The molecule has 2 amide bonds. The van der Waals surface area contributed by atoms with Crippen molar-refractivity contribution in [3.05, 3.63) is 17.7 Å². The molecule has 2 aliphatic heterocycles. The first-order valence-electron chi connectivity index (χ1n) is 8.17. The Hall–Kier alpha value is -1.85. The number of carbonyl (C=O) groups excluding carboxylic acids is 2. The monoisotopic (exact) mass is 304 g/mol. The maximum Gasteiger partial charge on any atom is 0.242 e. The topological polar surface area (TPSA) is 67.2 Å². The summed E-state index contributed by atoms with van der Waals surface area (Å²) in [5.41, 5.74) is 1.02. The highest BCUT2D eigenvalue weighted by atomic mass is 16.2. The molecule has 1 N–H and O–H groups in total. The molecule has 1 aromatic heterocycles. The van der Waals surface area contributed by atoms with Gasteiger partial charge in [0.1, 0.15) is 11.9 Å². The van der Waals surface area contributed by atoms with E-state index in [0.717, 1.165) is 43.7 Å². The van der Waals surface area contributed by atoms with E-state index in [1.807, 2.05) is 20.0 Å². The molecule has 6 nitrogen and oxygen atoms in total. The van der Waals surface area contributed by atoms with Crippen LogP contribution in [0, 0.1) is 6.92 Å². The number of fused-ring (bicyclic) bond motifs is 1. The molecule has 2 aliphatic rings. The maximum absolute atomic E-state index is 12.4. The highest BCUT2D eigenvalue weighted by Crippen LogP contribution is 2.17. The molecular weight excluding hydrogens is 280 g/mol. The zero-order chi connectivity index (χ0) is 15.7. The second-order valence-electron chi connectivity index (χ2n) is 6.42. The third kappa shape index (κ3) is 3.00. The Morgan fingerprint density at radius 1 is 1.41 bits per heavy atom. The van der Waals surface area contributed by atoms with Crippen molar-refractivity contribution in [1.29, 1.82) is 0 Å². The number of hydrogen-bond donors (Lipinski definition) is 1. The van der Waals surface area contributed by atoms with Crippen molar-refractivity contribution in [1.82, 2.24) is 19.8 Å². The van der Waals surface area contributed by atoms with Gasteiger partial charge in [-0.25, -0.2) is 4.98 Å². The Kier molecular flexibility index (Phi) is 4.18. The lowest BCUT2D eigenvalue weighted by molar-refractivity contribution is -0.142. The predicted molar refractivity (Wildman–Crippen MR) is 82.2 cm³/mol. The molecule has 3 rings (SSSR count). The molecule has 0 unspecified atom stereocenters. The molecule has 0 radical (unpaired) electrons. The lowest BCUT2D eigenvalue weighted by atomic mass is 10.1. The fourth-order valence-corrected chi connectivity index (χ4v) is 3.40. The van der Waals surface area contributed by atoms with Crippen molar-refractivity contribution in [3.63, 3.8) is 0 Å². The summed E-state index contributed by atoms with van der Waals surface area (Å²) in [6.07, 6.45) is 6.32. The van der Waals surface area contributed by atoms with Gasteiger partial charge in [-0.05, 0) is 33.1 Å². The van der Waals surface area contributed by atoms with E-state index in [1.165, 1.54) is 0 Å². The number of piperidine rings is 1. The summed E-state index contributed by atoms with van der Waals surface area (Å²) in [7, 11) is 0. The van der Waals surface area contributed by atoms with Gasteiger partial charge in [-0.3, -0.25) is 9.59 Å². The number of nitrogens with one attached hydrogen (secondary N) is 1. The quantitative estimate of drug-likeness (QED) is 0.907. The van der Waals surface area contributed by atoms with Crippen LogP contribution in [0.5, 0.6) is 0 Å². The average molecular weight is 304 g/mol. The molecule has 1 saturated heterocycles. The Morgan fingerprint density at radius 3 is 3.00 bits per heavy atom. The van der Waals surface area contributed by atoms with Crippen molar-refractivity contribution >= 4 is 11.8 Å². The molecule has 0 aromatic carbocycles. The number of rotatable bonds is 3. The summed E-state index contributed by atoms with van der Waals surface area (Å²) >= 11 is 0. The third-order valence-electron chi connectivity index (χ3n) is 4.67. The van der Waals surface area contributed by atoms with Gasteiger partial charge in [0.15, 0.2) is 0 Å². The van der Waals surface area contributed by atoms with E-state index in [-0.39, 0.29) is 23.9 Å². The number of hydrogen-bond acceptors (Lipinski definition) is 3. The van der Waals surface area contributed by atoms with Gasteiger partial charge in [-0.1, -0.05) is 0 Å². The van der Waals surface area contributed by atoms with Gasteiger partial charge in [-0.15, -0.1) is 0 Å². The summed E-state index contributed by atoms with van der Waals surface area (Å²) in [5.74, 6) is 1.16. The molecule has 1 fully saturated rings. The molecule has 1 aromatic rings. The number of carbonyl (C=O) groups is 2. The van der Waals surface area contributed by atoms with Gasteiger partial charge >= 0.3 is 0 Å². The summed E-state index contributed by atoms with van der Waals surface area (Å²) in [5, 5.41) is 3.11. The Balaban J connectivity index is 1.59. The number of aryl methyl sites for hydroxylation is 2. The number of aromatic nitrogens is 2. The Labute approximate surface area is 130 Å². The molecule has 6 heteroatoms. The normalized spacial score (nSPS) is 23.1. The Bertz CT molecular complexity index is 581. The zero-order valence-electron chi connectivity index (χ0n) is 13.3. The Morgan fingerprint density at radius 2 is 2.23 bits per heavy atom. The van der Waals surface area contributed by atoms with E-state index in [9.17, 15) is 9.59 Å². The average Bonchev–Trinajstić information content (AvgIpc) is 2.86. The van der Waals surface area contributed by atoms with Crippen LogP contribution in [0.25, 0.3) is 0 Å². The van der Waals surface area contributed by atoms with Crippen molar-refractivity contribution in [2.75, 3.05) is 6.54 Å². The molecule has 2 atom stereocenters. The van der Waals surface area contributed by atoms with Crippen LogP contribution < -0.4 is 5.32 Å². The minimum atomic E-state index is -0.376. The molecule has 0 spiro atoms. The van der Waals surface area contributed by atoms with Crippen LogP contribution in [0.1, 0.15) is 44.1 Å². The highest BCUT2D eigenvalue weighted by molar-refractivity contribution is 5.87. The van der Waals surface area contributed by atoms with Gasteiger partial charge in [0.05, 0.1) is 5.69 Å². The first-order chi connectivity index (χ1) is 10.5. The van der Waals surface area contributed by atoms with Crippen LogP contribution in [0.15, 0.2) is 6.20 Å². The van der Waals surface area contributed by atoms with E-state index in [2.05, 4.69) is 14.9 Å². The van der Waals surface area contributed by atoms with Crippen LogP contribution in [0.3, 0.4) is 0 Å². The first kappa shape index (κ1) is 15.1. The molecule has 0 aliphatic carbocycles. The van der Waals surface area contributed by atoms with Gasteiger partial charge in [0.2, 0.25) is 11.8 Å². The van der Waals surface area contributed by atoms with E-state index in [0.29, 0.717) is 13.0 Å². The number of likely N-dealkylation sites (tertiary alicyclic amines) is 1. The lowest BCUT2D eigenvalue weighted by Gasteiger charge is -2.33. The highest BCUT2D eigenvalue weighted by Gasteiger charge is 2.29. The van der Waals surface area contributed by atoms with Crippen LogP contribution in [-0.2, 0) is 22.6 Å². The van der Waals surface area contributed by atoms with Crippen LogP contribution >= 0.6 is 0 Å². The van der Waals surface area contributed by atoms with Crippen molar-refractivity contribution in [2.45, 2.75) is 64.6 Å². The molecule has 22 heavy (non-hydrogen) atoms. The van der Waals surface area contributed by atoms with Gasteiger partial charge < -0.3 is 14.8 Å². The molecule has 120 valence electrons. The predicted octanol–water partition coefficient (Wildman–Crippen LogP) is 1.02. The largest absolute Gasteiger partial charge is 0.350 e. The summed E-state index contributed by atoms with van der Waals surface area (Å²) in [6, 6.07) is -0.255. The zero-order valence-corrected chi connectivity index (χ0v) is 13.3. The minimum absolute atomic E-state index is 0.0412. The van der Waals surface area contributed by atoms with E-state index >= 15 is 0 Å². The summed E-state index contributed by atoms with van der Waals surface area (Å²) in [6.45, 7) is 5.28. The fraction of sp³-hybridized carbons (Fsp3) is 0.688. The van der Waals surface area contributed by atoms with Crippen LogP contribution in [0.2, 0.25) is 0 Å². The van der Waals surface area contributed by atoms with Gasteiger partial charge in [0.25, 0.3) is 0 Å². The molecule has 3 heterocycles. The maximum atomic E-state index is 12.4. The smallest absolute Gasteiger partial charge is 0.242 e. The van der Waals surface area contributed by atoms with Crippen molar-refractivity contribution in [3.8, 4) is 0 Å². The number of imidazole rings is 1. The van der Waals surface area contributed by atoms with Crippen LogP contribution in [0.4, 0.5) is 0 Å². The second kappa shape index (κ2) is 6.10. The summed E-state index contributed by atoms with van der Waals surface area (Å²) in [4.78, 5) is 30.6.